The lowest BCUT2D eigenvalue weighted by atomic mass is 9.99. The molecule has 0 bridgehead atoms. The Hall–Kier alpha value is -1.72. The molecule has 1 amide bonds. The maximum absolute atomic E-state index is 13.0. The van der Waals surface area contributed by atoms with E-state index in [9.17, 15) is 38.7 Å². The van der Waals surface area contributed by atoms with Gasteiger partial charge in [0.25, 0.3) is 0 Å². The minimum atomic E-state index is -5.12. The predicted molar refractivity (Wildman–Crippen MR) is 224 cm³/mol. The van der Waals surface area contributed by atoms with Gasteiger partial charge in [0, 0.05) is 0 Å². The standard InChI is InChI=1S/C43H79NO12S/c1-3-5-7-9-11-13-15-16-17-18-19-20-21-22-24-25-27-29-31-36(46)35(44-42(50)37(47)32-30-28-26-23-14-12-10-8-6-4-2)34-54-43-40(49)41(56-57(51,52)53)39(48)38(33-45)55-43/h10,12,22,24,29,31,35-41,43,45-49H,3-9,11,13-21,23,25-28,30,32-34H2,1-2H3,(H,44,50)(H,51,52,53)/b12-10-,24-22+,31-29+. The number of hydrogen-bond acceptors (Lipinski definition) is 11. The highest BCUT2D eigenvalue weighted by Gasteiger charge is 2.48. The number of aliphatic hydroxyl groups is 5. The number of hydrogen-bond donors (Lipinski definition) is 7. The molecule has 0 aromatic rings. The molecule has 1 rings (SSSR count). The Morgan fingerprint density at radius 2 is 1.19 bits per heavy atom. The molecule has 0 aliphatic carbocycles. The summed E-state index contributed by atoms with van der Waals surface area (Å²) in [6, 6.07) is -1.14. The zero-order valence-electron chi connectivity index (χ0n) is 35.0. The van der Waals surface area contributed by atoms with Crippen LogP contribution in [-0.2, 0) is 28.9 Å². The highest BCUT2D eigenvalue weighted by molar-refractivity contribution is 7.80. The molecule has 0 spiro atoms. The molecule has 8 atom stereocenters. The van der Waals surface area contributed by atoms with Crippen molar-refractivity contribution in [2.75, 3.05) is 13.2 Å². The Balaban J connectivity index is 2.64. The fourth-order valence-electron chi connectivity index (χ4n) is 6.69. The van der Waals surface area contributed by atoms with Gasteiger partial charge in [0.05, 0.1) is 25.4 Å². The van der Waals surface area contributed by atoms with Crippen LogP contribution in [0.25, 0.3) is 0 Å². The topological polar surface area (TPSA) is 212 Å². The molecule has 0 saturated carbocycles. The molecule has 1 fully saturated rings. The van der Waals surface area contributed by atoms with Crippen LogP contribution >= 0.6 is 0 Å². The van der Waals surface area contributed by atoms with Crippen LogP contribution in [0.1, 0.15) is 168 Å². The van der Waals surface area contributed by atoms with Gasteiger partial charge in [-0.2, -0.15) is 8.42 Å². The first-order valence-corrected chi connectivity index (χ1v) is 23.3. The Morgan fingerprint density at radius 3 is 1.74 bits per heavy atom. The lowest BCUT2D eigenvalue weighted by Gasteiger charge is -2.41. The first kappa shape index (κ1) is 53.3. The Morgan fingerprint density at radius 1 is 0.702 bits per heavy atom. The smallest absolute Gasteiger partial charge is 0.394 e. The number of allylic oxidation sites excluding steroid dienone is 5. The molecular weight excluding hydrogens is 755 g/mol. The number of aliphatic hydroxyl groups excluding tert-OH is 5. The van der Waals surface area contributed by atoms with Gasteiger partial charge in [0.15, 0.2) is 6.29 Å². The summed E-state index contributed by atoms with van der Waals surface area (Å²) in [4.78, 5) is 13.0. The van der Waals surface area contributed by atoms with E-state index in [4.69, 9.17) is 14.0 Å². The molecule has 14 heteroatoms. The van der Waals surface area contributed by atoms with E-state index in [1.807, 2.05) is 0 Å². The Kier molecular flexibility index (Phi) is 31.8. The van der Waals surface area contributed by atoms with Crippen molar-refractivity contribution in [2.24, 2.45) is 0 Å². The predicted octanol–water partition coefficient (Wildman–Crippen LogP) is 6.91. The second kappa shape index (κ2) is 34.0. The van der Waals surface area contributed by atoms with Crippen LogP contribution in [0, 0.1) is 0 Å². The van der Waals surface area contributed by atoms with E-state index in [0.29, 0.717) is 12.8 Å². The van der Waals surface area contributed by atoms with Crippen molar-refractivity contribution in [3.63, 3.8) is 0 Å². The second-order valence-electron chi connectivity index (χ2n) is 15.4. The molecule has 57 heavy (non-hydrogen) atoms. The van der Waals surface area contributed by atoms with Crippen molar-refractivity contribution in [3.05, 3.63) is 36.5 Å². The van der Waals surface area contributed by atoms with Gasteiger partial charge in [-0.3, -0.25) is 9.35 Å². The number of unbranched alkanes of at least 4 members (excludes halogenated alkanes) is 19. The molecule has 334 valence electrons. The summed E-state index contributed by atoms with van der Waals surface area (Å²) in [6.45, 7) is 3.12. The average molecular weight is 834 g/mol. The normalized spacial score (nSPS) is 22.1. The Bertz CT molecular complexity index is 1180. The van der Waals surface area contributed by atoms with Gasteiger partial charge in [-0.25, -0.2) is 4.18 Å². The van der Waals surface area contributed by atoms with E-state index >= 15 is 0 Å². The Labute approximate surface area is 344 Å². The van der Waals surface area contributed by atoms with Crippen molar-refractivity contribution in [1.82, 2.24) is 5.32 Å². The van der Waals surface area contributed by atoms with Crippen LogP contribution in [-0.4, -0.2) is 107 Å². The molecule has 7 N–H and O–H groups in total. The molecule has 1 saturated heterocycles. The van der Waals surface area contributed by atoms with Crippen molar-refractivity contribution in [3.8, 4) is 0 Å². The van der Waals surface area contributed by atoms with Gasteiger partial charge in [-0.05, 0) is 51.4 Å². The number of carbonyl (C=O) groups is 1. The van der Waals surface area contributed by atoms with Crippen molar-refractivity contribution >= 4 is 16.3 Å². The van der Waals surface area contributed by atoms with E-state index in [0.717, 1.165) is 51.4 Å². The largest absolute Gasteiger partial charge is 0.397 e. The minimum Gasteiger partial charge on any atom is -0.394 e. The first-order valence-electron chi connectivity index (χ1n) is 22.0. The van der Waals surface area contributed by atoms with E-state index < -0.39 is 78.5 Å². The number of nitrogens with one attached hydrogen (secondary N) is 1. The number of ether oxygens (including phenoxy) is 2. The molecule has 13 nitrogen and oxygen atoms in total. The fourth-order valence-corrected chi connectivity index (χ4v) is 7.20. The summed E-state index contributed by atoms with van der Waals surface area (Å²) < 4.78 is 47.4. The van der Waals surface area contributed by atoms with Crippen molar-refractivity contribution in [2.45, 2.75) is 217 Å². The molecule has 1 heterocycles. The monoisotopic (exact) mass is 834 g/mol. The van der Waals surface area contributed by atoms with Crippen LogP contribution in [0.3, 0.4) is 0 Å². The second-order valence-corrected chi connectivity index (χ2v) is 16.5. The first-order chi connectivity index (χ1) is 27.4. The quantitative estimate of drug-likeness (QED) is 0.0195. The minimum absolute atomic E-state index is 0.221. The van der Waals surface area contributed by atoms with Gasteiger partial charge in [0.2, 0.25) is 5.91 Å². The maximum atomic E-state index is 13.0. The molecule has 0 aromatic carbocycles. The molecule has 0 aromatic heterocycles. The molecule has 1 aliphatic rings. The summed E-state index contributed by atoms with van der Waals surface area (Å²) in [5, 5.41) is 55.0. The van der Waals surface area contributed by atoms with Gasteiger partial charge in [-0.15, -0.1) is 0 Å². The van der Waals surface area contributed by atoms with Crippen LogP contribution in [0.5, 0.6) is 0 Å². The molecule has 1 aliphatic heterocycles. The van der Waals surface area contributed by atoms with Gasteiger partial charge in [-0.1, -0.05) is 153 Å². The van der Waals surface area contributed by atoms with Crippen molar-refractivity contribution < 1.29 is 57.0 Å². The van der Waals surface area contributed by atoms with E-state index in [-0.39, 0.29) is 6.42 Å². The number of amides is 1. The van der Waals surface area contributed by atoms with E-state index in [2.05, 4.69) is 47.7 Å². The van der Waals surface area contributed by atoms with Crippen LogP contribution in [0.15, 0.2) is 36.5 Å². The lowest BCUT2D eigenvalue weighted by Crippen LogP contribution is -2.61. The summed E-state index contributed by atoms with van der Waals surface area (Å²) in [7, 11) is -5.12. The third kappa shape index (κ3) is 26.9. The molecular formula is C43H79NO12S. The lowest BCUT2D eigenvalue weighted by molar-refractivity contribution is -0.298. The average Bonchev–Trinajstić information content (AvgIpc) is 3.18. The third-order valence-electron chi connectivity index (χ3n) is 10.3. The molecule has 0 radical (unpaired) electrons. The summed E-state index contributed by atoms with van der Waals surface area (Å²) in [5.41, 5.74) is 0. The maximum Gasteiger partial charge on any atom is 0.397 e. The SMILES string of the molecule is CCCC/C=C\CCCCCCC(O)C(=O)NC(COC1OC(CO)C(O)C(OS(=O)(=O)O)C1O)C(O)/C=C/CC/C=C/CCCCCCCCCCCCCC. The van der Waals surface area contributed by atoms with Gasteiger partial charge in [0.1, 0.15) is 30.5 Å². The number of carbonyl (C=O) groups excluding carboxylic acids is 1. The fraction of sp³-hybridized carbons (Fsp3) is 0.837. The zero-order chi connectivity index (χ0) is 42.2. The summed E-state index contributed by atoms with van der Waals surface area (Å²) >= 11 is 0. The summed E-state index contributed by atoms with van der Waals surface area (Å²) in [6.07, 6.45) is 26.8. The van der Waals surface area contributed by atoms with Crippen LogP contribution < -0.4 is 5.32 Å². The summed E-state index contributed by atoms with van der Waals surface area (Å²) in [5.74, 6) is -0.725. The highest BCUT2D eigenvalue weighted by Crippen LogP contribution is 2.26. The molecule has 8 unspecified atom stereocenters. The third-order valence-corrected chi connectivity index (χ3v) is 10.7. The van der Waals surface area contributed by atoms with Crippen LogP contribution in [0.4, 0.5) is 0 Å². The van der Waals surface area contributed by atoms with E-state index in [1.165, 1.54) is 89.5 Å². The van der Waals surface area contributed by atoms with Gasteiger partial charge < -0.3 is 40.3 Å². The number of rotatable bonds is 36. The van der Waals surface area contributed by atoms with Crippen molar-refractivity contribution in [1.29, 1.82) is 0 Å². The van der Waals surface area contributed by atoms with Crippen LogP contribution in [0.2, 0.25) is 0 Å². The zero-order valence-corrected chi connectivity index (χ0v) is 35.8. The van der Waals surface area contributed by atoms with E-state index in [1.54, 1.807) is 6.08 Å². The highest BCUT2D eigenvalue weighted by atomic mass is 32.3. The van der Waals surface area contributed by atoms with Gasteiger partial charge >= 0.3 is 10.4 Å².